The van der Waals surface area contributed by atoms with Crippen molar-refractivity contribution in [2.75, 3.05) is 46.5 Å². The van der Waals surface area contributed by atoms with Gasteiger partial charge in [0.25, 0.3) is 0 Å². The van der Waals surface area contributed by atoms with Gasteiger partial charge in [0.1, 0.15) is 5.75 Å². The van der Waals surface area contributed by atoms with E-state index in [-0.39, 0.29) is 30.0 Å². The zero-order valence-electron chi connectivity index (χ0n) is 13.8. The summed E-state index contributed by atoms with van der Waals surface area (Å²) in [5.41, 5.74) is 7.08. The zero-order chi connectivity index (χ0) is 15.8. The van der Waals surface area contributed by atoms with Crippen molar-refractivity contribution in [3.8, 4) is 5.75 Å². The summed E-state index contributed by atoms with van der Waals surface area (Å²) in [4.78, 5) is 6.87. The first-order valence-electron chi connectivity index (χ1n) is 7.74. The fourth-order valence-electron chi connectivity index (χ4n) is 2.57. The Balaban J connectivity index is 0.00000264. The Bertz CT molecular complexity index is 475. The summed E-state index contributed by atoms with van der Waals surface area (Å²) in [5.74, 6) is 1.36. The summed E-state index contributed by atoms with van der Waals surface area (Å²) in [6, 6.07) is 8.36. The summed E-state index contributed by atoms with van der Waals surface area (Å²) in [6.07, 6.45) is 0. The highest BCUT2D eigenvalue weighted by Crippen LogP contribution is 2.24. The third kappa shape index (κ3) is 6.15. The van der Waals surface area contributed by atoms with Gasteiger partial charge in [0.05, 0.1) is 32.9 Å². The molecule has 1 heterocycles. The van der Waals surface area contributed by atoms with Gasteiger partial charge >= 0.3 is 0 Å². The Kier molecular flexibility index (Phi) is 9.27. The molecule has 0 aliphatic carbocycles. The van der Waals surface area contributed by atoms with Crippen LogP contribution in [0.4, 0.5) is 0 Å². The second-order valence-corrected chi connectivity index (χ2v) is 5.19. The Hall–Kier alpha value is -1.06. The van der Waals surface area contributed by atoms with Crippen molar-refractivity contribution in [1.82, 2.24) is 10.2 Å². The lowest BCUT2D eigenvalue weighted by molar-refractivity contribution is 0.0180. The van der Waals surface area contributed by atoms with E-state index >= 15 is 0 Å². The minimum Gasteiger partial charge on any atom is -0.497 e. The molecule has 1 aromatic carbocycles. The van der Waals surface area contributed by atoms with E-state index in [9.17, 15) is 0 Å². The fourth-order valence-corrected chi connectivity index (χ4v) is 2.57. The standard InChI is InChI=1S/C16H26N4O2.HI/c1-3-18-16(17)19-12-15(20-8-10-22-11-9-20)13-4-6-14(21-2)7-5-13;/h4-7,15H,3,8-12H2,1-2H3,(H3,17,18,19);1H. The molecule has 0 spiro atoms. The van der Waals surface area contributed by atoms with Gasteiger partial charge in [0.15, 0.2) is 5.96 Å². The van der Waals surface area contributed by atoms with Gasteiger partial charge in [0.2, 0.25) is 0 Å². The number of methoxy groups -OCH3 is 1. The van der Waals surface area contributed by atoms with Crippen LogP contribution in [0.15, 0.2) is 29.3 Å². The summed E-state index contributed by atoms with van der Waals surface area (Å²) >= 11 is 0. The van der Waals surface area contributed by atoms with E-state index in [2.05, 4.69) is 27.3 Å². The lowest BCUT2D eigenvalue weighted by atomic mass is 10.0. The fraction of sp³-hybridized carbons (Fsp3) is 0.562. The number of rotatable bonds is 6. The van der Waals surface area contributed by atoms with Crippen molar-refractivity contribution in [2.45, 2.75) is 13.0 Å². The number of halogens is 1. The van der Waals surface area contributed by atoms with Crippen molar-refractivity contribution in [3.05, 3.63) is 29.8 Å². The molecule has 1 aliphatic rings. The molecule has 6 nitrogen and oxygen atoms in total. The highest BCUT2D eigenvalue weighted by atomic mass is 127. The predicted molar refractivity (Wildman–Crippen MR) is 104 cm³/mol. The number of hydrogen-bond acceptors (Lipinski definition) is 4. The van der Waals surface area contributed by atoms with E-state index in [1.165, 1.54) is 5.56 Å². The van der Waals surface area contributed by atoms with Crippen molar-refractivity contribution in [1.29, 1.82) is 0 Å². The van der Waals surface area contributed by atoms with Crippen LogP contribution < -0.4 is 15.8 Å². The Morgan fingerprint density at radius 1 is 1.35 bits per heavy atom. The molecule has 130 valence electrons. The monoisotopic (exact) mass is 434 g/mol. The summed E-state index contributed by atoms with van der Waals surface area (Å²) in [6.45, 7) is 6.76. The average molecular weight is 434 g/mol. The number of aliphatic imine (C=N–C) groups is 1. The van der Waals surface area contributed by atoms with Gasteiger partial charge in [-0.3, -0.25) is 9.89 Å². The molecule has 0 bridgehead atoms. The maximum atomic E-state index is 5.86. The van der Waals surface area contributed by atoms with Crippen molar-refractivity contribution >= 4 is 29.9 Å². The molecule has 23 heavy (non-hydrogen) atoms. The van der Waals surface area contributed by atoms with Gasteiger partial charge in [-0.1, -0.05) is 12.1 Å². The molecular weight excluding hydrogens is 407 g/mol. The van der Waals surface area contributed by atoms with E-state index in [0.29, 0.717) is 12.5 Å². The maximum absolute atomic E-state index is 5.86. The quantitative estimate of drug-likeness (QED) is 0.405. The average Bonchev–Trinajstić information content (AvgIpc) is 2.57. The molecule has 1 atom stereocenters. The molecule has 0 radical (unpaired) electrons. The minimum absolute atomic E-state index is 0. The van der Waals surface area contributed by atoms with Crippen LogP contribution in [0, 0.1) is 0 Å². The van der Waals surface area contributed by atoms with Gasteiger partial charge in [-0.2, -0.15) is 0 Å². The third-order valence-corrected chi connectivity index (χ3v) is 3.78. The molecule has 0 saturated carbocycles. The second kappa shape index (κ2) is 10.7. The van der Waals surface area contributed by atoms with Crippen molar-refractivity contribution < 1.29 is 9.47 Å². The molecular formula is C16H27IN4O2. The van der Waals surface area contributed by atoms with E-state index in [4.69, 9.17) is 15.2 Å². The van der Waals surface area contributed by atoms with Crippen LogP contribution in [0.5, 0.6) is 5.75 Å². The molecule has 1 fully saturated rings. The van der Waals surface area contributed by atoms with Gasteiger partial charge in [-0.25, -0.2) is 0 Å². The normalized spacial score (nSPS) is 17.2. The van der Waals surface area contributed by atoms with Gasteiger partial charge in [-0.15, -0.1) is 24.0 Å². The summed E-state index contributed by atoms with van der Waals surface area (Å²) in [5, 5.41) is 3.04. The first kappa shape index (κ1) is 20.0. The lowest BCUT2D eigenvalue weighted by Crippen LogP contribution is -2.41. The number of ether oxygens (including phenoxy) is 2. The van der Waals surface area contributed by atoms with E-state index < -0.39 is 0 Å². The van der Waals surface area contributed by atoms with E-state index in [1.54, 1.807) is 7.11 Å². The van der Waals surface area contributed by atoms with Crippen LogP contribution in [-0.2, 0) is 4.74 Å². The Morgan fingerprint density at radius 3 is 2.57 bits per heavy atom. The molecule has 3 N–H and O–H groups in total. The van der Waals surface area contributed by atoms with E-state index in [1.807, 2.05) is 19.1 Å². The van der Waals surface area contributed by atoms with Gasteiger partial charge in [-0.05, 0) is 24.6 Å². The number of morpholine rings is 1. The zero-order valence-corrected chi connectivity index (χ0v) is 16.2. The Labute approximate surface area is 155 Å². The Morgan fingerprint density at radius 2 is 2.00 bits per heavy atom. The molecule has 1 saturated heterocycles. The highest BCUT2D eigenvalue weighted by Gasteiger charge is 2.22. The van der Waals surface area contributed by atoms with Gasteiger partial charge < -0.3 is 20.5 Å². The van der Waals surface area contributed by atoms with Crippen LogP contribution in [0.1, 0.15) is 18.5 Å². The smallest absolute Gasteiger partial charge is 0.188 e. The van der Waals surface area contributed by atoms with Crippen molar-refractivity contribution in [2.24, 2.45) is 10.7 Å². The molecule has 1 aliphatic heterocycles. The number of nitrogens with zero attached hydrogens (tertiary/aromatic N) is 2. The van der Waals surface area contributed by atoms with E-state index in [0.717, 1.165) is 38.6 Å². The molecule has 1 aromatic rings. The highest BCUT2D eigenvalue weighted by molar-refractivity contribution is 14.0. The largest absolute Gasteiger partial charge is 0.497 e. The first-order chi connectivity index (χ1) is 10.7. The molecule has 0 aromatic heterocycles. The van der Waals surface area contributed by atoms with Crippen LogP contribution >= 0.6 is 24.0 Å². The van der Waals surface area contributed by atoms with Crippen LogP contribution in [0.2, 0.25) is 0 Å². The second-order valence-electron chi connectivity index (χ2n) is 5.19. The third-order valence-electron chi connectivity index (χ3n) is 3.78. The van der Waals surface area contributed by atoms with Gasteiger partial charge in [0, 0.05) is 19.6 Å². The number of guanidine groups is 1. The number of nitrogens with one attached hydrogen (secondary N) is 1. The number of nitrogens with two attached hydrogens (primary N) is 1. The topological polar surface area (TPSA) is 72.1 Å². The lowest BCUT2D eigenvalue weighted by Gasteiger charge is -2.34. The number of benzene rings is 1. The summed E-state index contributed by atoms with van der Waals surface area (Å²) in [7, 11) is 1.68. The maximum Gasteiger partial charge on any atom is 0.188 e. The first-order valence-corrected chi connectivity index (χ1v) is 7.74. The van der Waals surface area contributed by atoms with Crippen LogP contribution in [0.25, 0.3) is 0 Å². The summed E-state index contributed by atoms with van der Waals surface area (Å²) < 4.78 is 10.7. The van der Waals surface area contributed by atoms with Crippen LogP contribution in [0.3, 0.4) is 0 Å². The molecule has 1 unspecified atom stereocenters. The van der Waals surface area contributed by atoms with Crippen molar-refractivity contribution in [3.63, 3.8) is 0 Å². The molecule has 0 amide bonds. The number of hydrogen-bond donors (Lipinski definition) is 2. The predicted octanol–water partition coefficient (Wildman–Crippen LogP) is 1.61. The molecule has 7 heteroatoms. The van der Waals surface area contributed by atoms with Crippen LogP contribution in [-0.4, -0.2) is 57.4 Å². The SMILES string of the molecule is CCNC(N)=NCC(c1ccc(OC)cc1)N1CCOCC1.I. The molecule has 2 rings (SSSR count). The minimum atomic E-state index is 0.